The first kappa shape index (κ1) is 8.20. The number of carbonyl (C=O) groups excluding carboxylic acids is 1. The summed E-state index contributed by atoms with van der Waals surface area (Å²) in [5.41, 5.74) is 5.76. The number of halogens is 1. The molecule has 0 amide bonds. The first-order valence-corrected chi connectivity index (χ1v) is 3.83. The van der Waals surface area contributed by atoms with Crippen molar-refractivity contribution in [2.24, 2.45) is 0 Å². The lowest BCUT2D eigenvalue weighted by atomic mass is 10.3. The predicted molar refractivity (Wildman–Crippen MR) is 46.4 cm³/mol. The number of nitrogens with zero attached hydrogens (tertiary/aromatic N) is 1. The highest BCUT2D eigenvalue weighted by atomic mass is 79.9. The van der Waals surface area contributed by atoms with Gasteiger partial charge in [0.2, 0.25) is 0 Å². The summed E-state index contributed by atoms with van der Waals surface area (Å²) in [5.74, 6) is 0.266. The lowest BCUT2D eigenvalue weighted by Gasteiger charge is -1.98. The number of pyridine rings is 1. The smallest absolute Gasteiger partial charge is 0.179 e. The molecule has 0 aromatic carbocycles. The average Bonchev–Trinajstić information content (AvgIpc) is 1.94. The Morgan fingerprint density at radius 2 is 2.27 bits per heavy atom. The average molecular weight is 215 g/mol. The molecule has 0 unspecified atom stereocenters. The summed E-state index contributed by atoms with van der Waals surface area (Å²) in [7, 11) is 0. The Morgan fingerprint density at radius 1 is 1.64 bits per heavy atom. The zero-order valence-electron chi connectivity index (χ0n) is 5.97. The van der Waals surface area contributed by atoms with Crippen LogP contribution in [0, 0.1) is 0 Å². The first-order valence-electron chi connectivity index (χ1n) is 3.04. The van der Waals surface area contributed by atoms with Crippen LogP contribution in [-0.4, -0.2) is 10.8 Å². The Bertz CT molecular complexity index is 298. The van der Waals surface area contributed by atoms with Gasteiger partial charge in [0.05, 0.1) is 0 Å². The molecule has 11 heavy (non-hydrogen) atoms. The van der Waals surface area contributed by atoms with Gasteiger partial charge in [-0.05, 0) is 28.1 Å². The highest BCUT2D eigenvalue weighted by Crippen LogP contribution is 2.15. The number of anilines is 1. The largest absolute Gasteiger partial charge is 0.384 e. The number of hydrogen-bond donors (Lipinski definition) is 1. The summed E-state index contributed by atoms with van der Waals surface area (Å²) in [6, 6.07) is 3.34. The summed E-state index contributed by atoms with van der Waals surface area (Å²) < 4.78 is 0.680. The summed E-state index contributed by atoms with van der Waals surface area (Å²) >= 11 is 3.19. The number of nitrogens with two attached hydrogens (primary N) is 1. The van der Waals surface area contributed by atoms with E-state index in [1.807, 2.05) is 0 Å². The molecule has 0 aliphatic carbocycles. The molecule has 0 aliphatic rings. The number of hydrogen-bond acceptors (Lipinski definition) is 3. The molecule has 0 atom stereocenters. The monoisotopic (exact) mass is 214 g/mol. The molecule has 1 heterocycles. The lowest BCUT2D eigenvalue weighted by Crippen LogP contribution is -2.00. The van der Waals surface area contributed by atoms with Gasteiger partial charge in [0, 0.05) is 11.4 Å². The summed E-state index contributed by atoms with van der Waals surface area (Å²) in [6.07, 6.45) is 0. The fourth-order valence-electron chi connectivity index (χ4n) is 0.704. The van der Waals surface area contributed by atoms with Gasteiger partial charge in [-0.15, -0.1) is 0 Å². The number of Topliss-reactive ketones (excluding diaryl/α,β-unsaturated/α-hetero) is 1. The van der Waals surface area contributed by atoms with Crippen molar-refractivity contribution in [1.29, 1.82) is 0 Å². The van der Waals surface area contributed by atoms with Crippen molar-refractivity contribution >= 4 is 27.5 Å². The third kappa shape index (κ3) is 1.77. The van der Waals surface area contributed by atoms with Crippen LogP contribution in [0.5, 0.6) is 0 Å². The van der Waals surface area contributed by atoms with Crippen molar-refractivity contribution in [3.63, 3.8) is 0 Å². The van der Waals surface area contributed by atoms with Crippen molar-refractivity contribution in [2.45, 2.75) is 6.92 Å². The van der Waals surface area contributed by atoms with Crippen molar-refractivity contribution < 1.29 is 4.79 Å². The Hall–Kier alpha value is -0.900. The van der Waals surface area contributed by atoms with Crippen molar-refractivity contribution in [1.82, 2.24) is 4.98 Å². The second-order valence-electron chi connectivity index (χ2n) is 2.12. The van der Waals surface area contributed by atoms with Crippen LogP contribution in [0.4, 0.5) is 5.82 Å². The molecule has 0 saturated heterocycles. The predicted octanol–water partition coefficient (Wildman–Crippen LogP) is 1.63. The molecule has 1 aromatic heterocycles. The van der Waals surface area contributed by atoms with Gasteiger partial charge >= 0.3 is 0 Å². The van der Waals surface area contributed by atoms with E-state index in [1.54, 1.807) is 12.1 Å². The molecular formula is C7H7BrN2O. The van der Waals surface area contributed by atoms with Gasteiger partial charge in [-0.1, -0.05) is 0 Å². The Balaban J connectivity index is 3.23. The number of rotatable bonds is 1. The summed E-state index contributed by atoms with van der Waals surface area (Å²) in [6.45, 7) is 1.45. The molecule has 1 rings (SSSR count). The van der Waals surface area contributed by atoms with Crippen molar-refractivity contribution in [3.05, 3.63) is 22.3 Å². The molecule has 0 bridgehead atoms. The molecule has 4 heteroatoms. The van der Waals surface area contributed by atoms with Gasteiger partial charge in [-0.3, -0.25) is 4.79 Å². The molecule has 0 radical (unpaired) electrons. The third-order valence-corrected chi connectivity index (χ3v) is 1.84. The molecule has 3 nitrogen and oxygen atoms in total. The topological polar surface area (TPSA) is 56.0 Å². The van der Waals surface area contributed by atoms with Gasteiger partial charge < -0.3 is 5.73 Å². The van der Waals surface area contributed by atoms with E-state index < -0.39 is 0 Å². The van der Waals surface area contributed by atoms with Crippen molar-refractivity contribution in [3.8, 4) is 0 Å². The molecule has 58 valence electrons. The molecule has 0 spiro atoms. The molecule has 0 aliphatic heterocycles. The quantitative estimate of drug-likeness (QED) is 0.724. The van der Waals surface area contributed by atoms with Gasteiger partial charge in [-0.25, -0.2) is 4.98 Å². The number of nitrogen functional groups attached to an aromatic ring is 1. The zero-order chi connectivity index (χ0) is 8.43. The second-order valence-corrected chi connectivity index (χ2v) is 2.98. The lowest BCUT2D eigenvalue weighted by molar-refractivity contribution is 0.101. The highest BCUT2D eigenvalue weighted by molar-refractivity contribution is 9.10. The fraction of sp³-hybridized carbons (Fsp3) is 0.143. The maximum atomic E-state index is 10.9. The molecule has 2 N–H and O–H groups in total. The molecule has 0 fully saturated rings. The standard InChI is InChI=1S/C7H7BrN2O/c1-4(11)7-5(8)2-3-6(9)10-7/h2-3H,1H3,(H2,9,10). The molecule has 1 aromatic rings. The van der Waals surface area contributed by atoms with Crippen LogP contribution >= 0.6 is 15.9 Å². The minimum atomic E-state index is -0.0934. The third-order valence-electron chi connectivity index (χ3n) is 1.20. The minimum absolute atomic E-state index is 0.0934. The van der Waals surface area contributed by atoms with Crippen LogP contribution in [0.2, 0.25) is 0 Å². The van der Waals surface area contributed by atoms with Crippen molar-refractivity contribution in [2.75, 3.05) is 5.73 Å². The normalized spacial score (nSPS) is 9.64. The van der Waals surface area contributed by atoms with Crippen LogP contribution in [-0.2, 0) is 0 Å². The van der Waals surface area contributed by atoms with E-state index in [1.165, 1.54) is 6.92 Å². The van der Waals surface area contributed by atoms with E-state index in [4.69, 9.17) is 5.73 Å². The summed E-state index contributed by atoms with van der Waals surface area (Å²) in [4.78, 5) is 14.7. The number of carbonyl (C=O) groups is 1. The number of ketones is 1. The van der Waals surface area contributed by atoms with E-state index >= 15 is 0 Å². The molecular weight excluding hydrogens is 208 g/mol. The SMILES string of the molecule is CC(=O)c1nc(N)ccc1Br. The number of aromatic nitrogens is 1. The van der Waals surface area contributed by atoms with Crippen LogP contribution in [0.25, 0.3) is 0 Å². The van der Waals surface area contributed by atoms with Crippen LogP contribution < -0.4 is 5.73 Å². The first-order chi connectivity index (χ1) is 5.11. The fourth-order valence-corrected chi connectivity index (χ4v) is 1.20. The van der Waals surface area contributed by atoms with Gasteiger partial charge in [0.1, 0.15) is 11.5 Å². The Kier molecular flexibility index (Phi) is 2.24. The zero-order valence-corrected chi connectivity index (χ0v) is 7.55. The summed E-state index contributed by atoms with van der Waals surface area (Å²) in [5, 5.41) is 0. The van der Waals surface area contributed by atoms with Gasteiger partial charge in [0.25, 0.3) is 0 Å². The highest BCUT2D eigenvalue weighted by Gasteiger charge is 2.05. The van der Waals surface area contributed by atoms with Crippen LogP contribution in [0.1, 0.15) is 17.4 Å². The Morgan fingerprint density at radius 3 is 2.73 bits per heavy atom. The maximum Gasteiger partial charge on any atom is 0.179 e. The second kappa shape index (κ2) is 3.00. The van der Waals surface area contributed by atoms with E-state index in [-0.39, 0.29) is 5.78 Å². The Labute approximate surface area is 72.7 Å². The van der Waals surface area contributed by atoms with E-state index in [9.17, 15) is 4.79 Å². The van der Waals surface area contributed by atoms with E-state index in [0.29, 0.717) is 16.0 Å². The van der Waals surface area contributed by atoms with Crippen LogP contribution in [0.3, 0.4) is 0 Å². The van der Waals surface area contributed by atoms with E-state index in [0.717, 1.165) is 0 Å². The van der Waals surface area contributed by atoms with Crippen LogP contribution in [0.15, 0.2) is 16.6 Å². The minimum Gasteiger partial charge on any atom is -0.384 e. The van der Waals surface area contributed by atoms with E-state index in [2.05, 4.69) is 20.9 Å². The van der Waals surface area contributed by atoms with Gasteiger partial charge in [-0.2, -0.15) is 0 Å². The maximum absolute atomic E-state index is 10.9. The molecule has 0 saturated carbocycles. The van der Waals surface area contributed by atoms with Gasteiger partial charge in [0.15, 0.2) is 5.78 Å².